The molecular weight excluding hydrogens is 413 g/mol. The molecule has 0 radical (unpaired) electrons. The van der Waals surface area contributed by atoms with Crippen LogP contribution in [-0.2, 0) is 5.75 Å². The molecule has 140 valence electrons. The lowest BCUT2D eigenvalue weighted by Crippen LogP contribution is -1.92. The summed E-state index contributed by atoms with van der Waals surface area (Å²) in [6, 6.07) is 18.6. The highest BCUT2D eigenvalue weighted by Crippen LogP contribution is 2.34. The lowest BCUT2D eigenvalue weighted by Gasteiger charge is -2.05. The normalized spacial score (nSPS) is 11.0. The molecule has 0 bridgehead atoms. The van der Waals surface area contributed by atoms with Crippen molar-refractivity contribution in [3.63, 3.8) is 0 Å². The summed E-state index contributed by atoms with van der Waals surface area (Å²) in [6.45, 7) is 1.97. The molecule has 7 heteroatoms. The maximum atomic E-state index is 13.9. The van der Waals surface area contributed by atoms with E-state index in [0.717, 1.165) is 26.8 Å². The van der Waals surface area contributed by atoms with Crippen LogP contribution in [0.4, 0.5) is 4.39 Å². The van der Waals surface area contributed by atoms with E-state index in [1.165, 1.54) is 17.8 Å². The third-order valence-corrected chi connectivity index (χ3v) is 6.65. The van der Waals surface area contributed by atoms with Gasteiger partial charge in [-0.1, -0.05) is 59.8 Å². The van der Waals surface area contributed by atoms with Crippen LogP contribution in [0.15, 0.2) is 65.7 Å². The van der Waals surface area contributed by atoms with Crippen molar-refractivity contribution in [3.05, 3.63) is 82.8 Å². The fraction of sp³-hybridized carbons (Fsp3) is 0.0952. The van der Waals surface area contributed by atoms with Crippen molar-refractivity contribution in [2.45, 2.75) is 17.7 Å². The predicted octanol–water partition coefficient (Wildman–Crippen LogP) is 6.66. The van der Waals surface area contributed by atoms with Crippen molar-refractivity contribution < 1.29 is 4.39 Å². The van der Waals surface area contributed by atoms with Crippen molar-refractivity contribution >= 4 is 34.7 Å². The van der Waals surface area contributed by atoms with E-state index in [4.69, 9.17) is 11.6 Å². The minimum Gasteiger partial charge on any atom is -0.241 e. The van der Waals surface area contributed by atoms with Gasteiger partial charge in [0.05, 0.1) is 10.6 Å². The standard InChI is InChI=1S/C21H15ClFN3S2/c1-13-20(28-21(24-13)14-6-3-2-4-7-14)18-10-11-19(26-25-18)27-12-15-16(22)8-5-9-17(15)23/h2-11H,12H2,1H3. The van der Waals surface area contributed by atoms with Crippen LogP contribution in [0.3, 0.4) is 0 Å². The van der Waals surface area contributed by atoms with Crippen molar-refractivity contribution in [2.75, 3.05) is 0 Å². The largest absolute Gasteiger partial charge is 0.241 e. The predicted molar refractivity (Wildman–Crippen MR) is 114 cm³/mol. The summed E-state index contributed by atoms with van der Waals surface area (Å²) in [5.74, 6) is 0.0929. The smallest absolute Gasteiger partial charge is 0.128 e. The molecule has 0 aliphatic heterocycles. The van der Waals surface area contributed by atoms with Gasteiger partial charge in [0.15, 0.2) is 0 Å². The maximum absolute atomic E-state index is 13.9. The number of nitrogens with zero attached hydrogens (tertiary/aromatic N) is 3. The quantitative estimate of drug-likeness (QED) is 0.334. The maximum Gasteiger partial charge on any atom is 0.128 e. The molecule has 2 heterocycles. The number of aromatic nitrogens is 3. The molecule has 0 N–H and O–H groups in total. The highest BCUT2D eigenvalue weighted by molar-refractivity contribution is 7.98. The van der Waals surface area contributed by atoms with Crippen LogP contribution in [0.5, 0.6) is 0 Å². The van der Waals surface area contributed by atoms with E-state index in [9.17, 15) is 4.39 Å². The molecular formula is C21H15ClFN3S2. The van der Waals surface area contributed by atoms with Gasteiger partial charge in [-0.3, -0.25) is 0 Å². The van der Waals surface area contributed by atoms with Gasteiger partial charge < -0.3 is 0 Å². The highest BCUT2D eigenvalue weighted by atomic mass is 35.5. The fourth-order valence-electron chi connectivity index (χ4n) is 2.67. The molecule has 2 aromatic carbocycles. The van der Waals surface area contributed by atoms with Crippen LogP contribution in [0, 0.1) is 12.7 Å². The van der Waals surface area contributed by atoms with Crippen molar-refractivity contribution in [1.82, 2.24) is 15.2 Å². The third kappa shape index (κ3) is 4.09. The summed E-state index contributed by atoms with van der Waals surface area (Å²) in [5, 5.41) is 10.7. The molecule has 3 nitrogen and oxygen atoms in total. The summed E-state index contributed by atoms with van der Waals surface area (Å²) in [5.41, 5.74) is 3.27. The van der Waals surface area contributed by atoms with Gasteiger partial charge in [0.1, 0.15) is 21.5 Å². The number of thiazole rings is 1. The molecule has 0 spiro atoms. The van der Waals surface area contributed by atoms with E-state index in [0.29, 0.717) is 21.4 Å². The first-order valence-corrected chi connectivity index (χ1v) is 10.7. The molecule has 0 unspecified atom stereocenters. The van der Waals surface area contributed by atoms with E-state index in [-0.39, 0.29) is 5.82 Å². The monoisotopic (exact) mass is 427 g/mol. The molecule has 0 aliphatic carbocycles. The van der Waals surface area contributed by atoms with Crippen molar-refractivity contribution in [2.24, 2.45) is 0 Å². The van der Waals surface area contributed by atoms with Gasteiger partial charge in [0.2, 0.25) is 0 Å². The Morgan fingerprint density at radius 1 is 1.00 bits per heavy atom. The minimum atomic E-state index is -0.307. The van der Waals surface area contributed by atoms with E-state index in [1.54, 1.807) is 23.5 Å². The molecule has 4 rings (SSSR count). The first-order chi connectivity index (χ1) is 13.6. The van der Waals surface area contributed by atoms with Crippen LogP contribution in [0.25, 0.3) is 21.1 Å². The van der Waals surface area contributed by atoms with Gasteiger partial charge in [-0.2, -0.15) is 0 Å². The number of rotatable bonds is 5. The second-order valence-electron chi connectivity index (χ2n) is 6.05. The zero-order valence-corrected chi connectivity index (χ0v) is 17.3. The van der Waals surface area contributed by atoms with Crippen LogP contribution in [0.2, 0.25) is 5.02 Å². The van der Waals surface area contributed by atoms with Gasteiger partial charge in [-0.25, -0.2) is 9.37 Å². The second kappa shape index (κ2) is 8.39. The van der Waals surface area contributed by atoms with E-state index >= 15 is 0 Å². The zero-order chi connectivity index (χ0) is 19.5. The molecule has 28 heavy (non-hydrogen) atoms. The lowest BCUT2D eigenvalue weighted by molar-refractivity contribution is 0.617. The van der Waals surface area contributed by atoms with Gasteiger partial charge in [-0.05, 0) is 31.2 Å². The minimum absolute atomic E-state index is 0.307. The number of hydrogen-bond donors (Lipinski definition) is 0. The van der Waals surface area contributed by atoms with Crippen LogP contribution in [-0.4, -0.2) is 15.2 Å². The molecule has 0 fully saturated rings. The Labute approximate surface area is 175 Å². The van der Waals surface area contributed by atoms with Crippen LogP contribution < -0.4 is 0 Å². The van der Waals surface area contributed by atoms with E-state index in [2.05, 4.69) is 15.2 Å². The van der Waals surface area contributed by atoms with E-state index in [1.807, 2.05) is 49.4 Å². The highest BCUT2D eigenvalue weighted by Gasteiger charge is 2.13. The number of thioether (sulfide) groups is 1. The van der Waals surface area contributed by atoms with Gasteiger partial charge >= 0.3 is 0 Å². The summed E-state index contributed by atoms with van der Waals surface area (Å²) >= 11 is 9.08. The zero-order valence-electron chi connectivity index (χ0n) is 14.9. The summed E-state index contributed by atoms with van der Waals surface area (Å²) in [4.78, 5) is 5.66. The van der Waals surface area contributed by atoms with Gasteiger partial charge in [-0.15, -0.1) is 21.5 Å². The lowest BCUT2D eigenvalue weighted by atomic mass is 10.2. The van der Waals surface area contributed by atoms with E-state index < -0.39 is 0 Å². The Hall–Kier alpha value is -2.28. The number of aryl methyl sites for hydroxylation is 1. The topological polar surface area (TPSA) is 38.7 Å². The molecule has 4 aromatic rings. The molecule has 0 saturated heterocycles. The Balaban J connectivity index is 1.52. The number of benzene rings is 2. The average molecular weight is 428 g/mol. The number of halogens is 2. The van der Waals surface area contributed by atoms with Crippen LogP contribution >= 0.6 is 34.7 Å². The molecule has 0 saturated carbocycles. The van der Waals surface area contributed by atoms with Crippen molar-refractivity contribution in [1.29, 1.82) is 0 Å². The average Bonchev–Trinajstić information content (AvgIpc) is 3.10. The molecule has 2 aromatic heterocycles. The molecule has 0 atom stereocenters. The third-order valence-electron chi connectivity index (χ3n) is 4.12. The fourth-order valence-corrected chi connectivity index (χ4v) is 4.87. The Kier molecular flexibility index (Phi) is 5.71. The second-order valence-corrected chi connectivity index (χ2v) is 8.45. The first kappa shape index (κ1) is 19.1. The molecule has 0 amide bonds. The van der Waals surface area contributed by atoms with Gasteiger partial charge in [0, 0.05) is 21.9 Å². The summed E-state index contributed by atoms with van der Waals surface area (Å²) in [6.07, 6.45) is 0. The summed E-state index contributed by atoms with van der Waals surface area (Å²) in [7, 11) is 0. The SMILES string of the molecule is Cc1nc(-c2ccccc2)sc1-c1ccc(SCc2c(F)cccc2Cl)nn1. The Bertz CT molecular complexity index is 1080. The Morgan fingerprint density at radius 3 is 2.54 bits per heavy atom. The van der Waals surface area contributed by atoms with Crippen molar-refractivity contribution in [3.8, 4) is 21.1 Å². The first-order valence-electron chi connectivity index (χ1n) is 8.54. The summed E-state index contributed by atoms with van der Waals surface area (Å²) < 4.78 is 13.9. The Morgan fingerprint density at radius 2 is 1.82 bits per heavy atom. The number of hydrogen-bond acceptors (Lipinski definition) is 5. The van der Waals surface area contributed by atoms with Crippen LogP contribution in [0.1, 0.15) is 11.3 Å². The molecule has 0 aliphatic rings. The van der Waals surface area contributed by atoms with Gasteiger partial charge in [0.25, 0.3) is 0 Å².